The lowest BCUT2D eigenvalue weighted by Crippen LogP contribution is -2.19. The highest BCUT2D eigenvalue weighted by Crippen LogP contribution is 2.27. The molecule has 4 heteroatoms. The Kier molecular flexibility index (Phi) is 3.85. The summed E-state index contributed by atoms with van der Waals surface area (Å²) in [4.78, 5) is 0. The summed E-state index contributed by atoms with van der Waals surface area (Å²) in [7, 11) is 0. The second-order valence-electron chi connectivity index (χ2n) is 4.67. The second-order valence-corrected chi connectivity index (χ2v) is 5.48. The molecule has 84 valence electrons. The number of halogens is 3. The maximum Gasteiger partial charge on any atom is 0.160 e. The zero-order valence-electron chi connectivity index (χ0n) is 9.00. The topological polar surface area (TPSA) is 12.0 Å². The molecule has 0 radical (unpaired) electrons. The Morgan fingerprint density at radius 3 is 2.07 bits per heavy atom. The second kappa shape index (κ2) is 4.58. The summed E-state index contributed by atoms with van der Waals surface area (Å²) in [6, 6.07) is 3.07. The maximum atomic E-state index is 13.1. The van der Waals surface area contributed by atoms with Crippen LogP contribution in [0.1, 0.15) is 20.8 Å². The number of rotatable bonds is 2. The fourth-order valence-electron chi connectivity index (χ4n) is 1.02. The van der Waals surface area contributed by atoms with Gasteiger partial charge in [0.15, 0.2) is 5.82 Å². The van der Waals surface area contributed by atoms with Crippen molar-refractivity contribution in [1.29, 1.82) is 0 Å². The van der Waals surface area contributed by atoms with Gasteiger partial charge in [-0.05, 0) is 17.5 Å². The first kappa shape index (κ1) is 12.6. The highest BCUT2D eigenvalue weighted by Gasteiger charge is 2.11. The first-order chi connectivity index (χ1) is 6.79. The molecule has 1 nitrogen and oxygen atoms in total. The van der Waals surface area contributed by atoms with Crippen molar-refractivity contribution in [3.63, 3.8) is 0 Å². The van der Waals surface area contributed by atoms with Crippen molar-refractivity contribution in [2.45, 2.75) is 20.8 Å². The molecule has 15 heavy (non-hydrogen) atoms. The van der Waals surface area contributed by atoms with Crippen LogP contribution in [0.5, 0.6) is 0 Å². The van der Waals surface area contributed by atoms with E-state index in [1.54, 1.807) is 0 Å². The maximum absolute atomic E-state index is 13.1. The fraction of sp³-hybridized carbons (Fsp3) is 0.455. The lowest BCUT2D eigenvalue weighted by Gasteiger charge is -2.19. The Morgan fingerprint density at radius 1 is 1.20 bits per heavy atom. The van der Waals surface area contributed by atoms with E-state index in [-0.39, 0.29) is 15.5 Å². The van der Waals surface area contributed by atoms with E-state index in [1.807, 2.05) is 0 Å². The van der Waals surface area contributed by atoms with Crippen LogP contribution in [-0.4, -0.2) is 6.54 Å². The summed E-state index contributed by atoms with van der Waals surface area (Å²) >= 11 is 11.3. The third-order valence-corrected chi connectivity index (χ3v) is 2.36. The minimum absolute atomic E-state index is 0.0407. The van der Waals surface area contributed by atoms with Crippen molar-refractivity contribution in [1.82, 2.24) is 0 Å². The van der Waals surface area contributed by atoms with Crippen molar-refractivity contribution < 1.29 is 4.39 Å². The van der Waals surface area contributed by atoms with Crippen LogP contribution < -0.4 is 5.32 Å². The fourth-order valence-corrected chi connectivity index (χ4v) is 1.51. The number of anilines is 1. The van der Waals surface area contributed by atoms with Crippen LogP contribution in [0.15, 0.2) is 12.1 Å². The molecule has 0 saturated carbocycles. The predicted molar refractivity (Wildman–Crippen MR) is 64.4 cm³/mol. The van der Waals surface area contributed by atoms with Gasteiger partial charge in [-0.25, -0.2) is 4.39 Å². The molecule has 0 fully saturated rings. The summed E-state index contributed by atoms with van der Waals surface area (Å²) in [5.74, 6) is -0.570. The van der Waals surface area contributed by atoms with Gasteiger partial charge >= 0.3 is 0 Å². The van der Waals surface area contributed by atoms with Crippen molar-refractivity contribution in [2.24, 2.45) is 5.41 Å². The van der Waals surface area contributed by atoms with E-state index in [0.29, 0.717) is 0 Å². The van der Waals surface area contributed by atoms with E-state index in [4.69, 9.17) is 23.2 Å². The van der Waals surface area contributed by atoms with E-state index in [0.717, 1.165) is 12.2 Å². The summed E-state index contributed by atoms with van der Waals surface area (Å²) in [5, 5.41) is 3.24. The monoisotopic (exact) mass is 249 g/mol. The molecule has 0 bridgehead atoms. The van der Waals surface area contributed by atoms with Crippen LogP contribution in [0, 0.1) is 11.2 Å². The third kappa shape index (κ3) is 3.88. The molecule has 1 aromatic rings. The smallest absolute Gasteiger partial charge is 0.160 e. The van der Waals surface area contributed by atoms with Gasteiger partial charge in [0.1, 0.15) is 0 Å². The lowest BCUT2D eigenvalue weighted by molar-refractivity contribution is 0.443. The highest BCUT2D eigenvalue weighted by atomic mass is 35.5. The zero-order valence-corrected chi connectivity index (χ0v) is 10.5. The van der Waals surface area contributed by atoms with Crippen LogP contribution >= 0.6 is 23.2 Å². The Hall–Kier alpha value is -0.470. The Bertz CT molecular complexity index is 335. The molecule has 0 aliphatic carbocycles. The molecule has 0 aliphatic heterocycles. The first-order valence-corrected chi connectivity index (χ1v) is 5.43. The van der Waals surface area contributed by atoms with Gasteiger partial charge in [0.2, 0.25) is 0 Å². The van der Waals surface area contributed by atoms with Gasteiger partial charge in [0.25, 0.3) is 0 Å². The minimum atomic E-state index is -0.570. The van der Waals surface area contributed by atoms with E-state index < -0.39 is 5.82 Å². The summed E-state index contributed by atoms with van der Waals surface area (Å²) < 4.78 is 13.1. The molecular weight excluding hydrogens is 236 g/mol. The van der Waals surface area contributed by atoms with Crippen molar-refractivity contribution in [3.05, 3.63) is 28.0 Å². The number of benzene rings is 1. The molecule has 0 unspecified atom stereocenters. The quantitative estimate of drug-likeness (QED) is 0.757. The number of nitrogens with one attached hydrogen (secondary N) is 1. The van der Waals surface area contributed by atoms with Crippen LogP contribution in [0.25, 0.3) is 0 Å². The lowest BCUT2D eigenvalue weighted by atomic mass is 9.97. The van der Waals surface area contributed by atoms with Gasteiger partial charge in [-0.1, -0.05) is 44.0 Å². The largest absolute Gasteiger partial charge is 0.384 e. The molecule has 0 saturated heterocycles. The molecule has 1 N–H and O–H groups in total. The summed E-state index contributed by atoms with van der Waals surface area (Å²) in [5.41, 5.74) is 0.884. The first-order valence-electron chi connectivity index (χ1n) is 4.68. The van der Waals surface area contributed by atoms with Crippen molar-refractivity contribution in [2.75, 3.05) is 11.9 Å². The van der Waals surface area contributed by atoms with E-state index in [1.165, 1.54) is 12.1 Å². The SMILES string of the molecule is CC(C)(C)CNc1cc(Cl)c(F)c(Cl)c1. The van der Waals surface area contributed by atoms with Gasteiger partial charge in [0, 0.05) is 12.2 Å². The third-order valence-electron chi connectivity index (χ3n) is 1.81. The van der Waals surface area contributed by atoms with Gasteiger partial charge in [-0.2, -0.15) is 0 Å². The molecular formula is C11H14Cl2FN. The molecule has 1 aromatic carbocycles. The molecule has 0 amide bonds. The molecule has 0 heterocycles. The van der Waals surface area contributed by atoms with Crippen LogP contribution in [-0.2, 0) is 0 Å². The van der Waals surface area contributed by atoms with Gasteiger partial charge in [0.05, 0.1) is 10.0 Å². The Morgan fingerprint density at radius 2 is 1.67 bits per heavy atom. The van der Waals surface area contributed by atoms with Gasteiger partial charge in [-0.3, -0.25) is 0 Å². The highest BCUT2D eigenvalue weighted by molar-refractivity contribution is 6.35. The Labute approximate surface area is 99.6 Å². The molecule has 0 spiro atoms. The zero-order chi connectivity index (χ0) is 11.6. The predicted octanol–water partition coefficient (Wildman–Crippen LogP) is 4.59. The standard InChI is InChI=1S/C11H14Cl2FN/c1-11(2,3)6-15-7-4-8(12)10(14)9(13)5-7/h4-5,15H,6H2,1-3H3. The minimum Gasteiger partial charge on any atom is -0.384 e. The number of hydrogen-bond donors (Lipinski definition) is 1. The van der Waals surface area contributed by atoms with Crippen LogP contribution in [0.2, 0.25) is 10.0 Å². The summed E-state index contributed by atoms with van der Waals surface area (Å²) in [6.07, 6.45) is 0. The van der Waals surface area contributed by atoms with E-state index >= 15 is 0 Å². The molecule has 0 aliphatic rings. The normalized spacial score (nSPS) is 11.6. The van der Waals surface area contributed by atoms with Gasteiger partial charge in [-0.15, -0.1) is 0 Å². The van der Waals surface area contributed by atoms with Gasteiger partial charge < -0.3 is 5.32 Å². The van der Waals surface area contributed by atoms with E-state index in [9.17, 15) is 4.39 Å². The number of hydrogen-bond acceptors (Lipinski definition) is 1. The van der Waals surface area contributed by atoms with Crippen molar-refractivity contribution >= 4 is 28.9 Å². The molecule has 0 atom stereocenters. The average Bonchev–Trinajstić information content (AvgIpc) is 2.09. The van der Waals surface area contributed by atoms with E-state index in [2.05, 4.69) is 26.1 Å². The summed E-state index contributed by atoms with van der Waals surface area (Å²) in [6.45, 7) is 7.08. The van der Waals surface area contributed by atoms with Crippen LogP contribution in [0.3, 0.4) is 0 Å². The Balaban J connectivity index is 2.80. The molecule has 0 aromatic heterocycles. The average molecular weight is 250 g/mol. The molecule has 1 rings (SSSR count). The van der Waals surface area contributed by atoms with Crippen molar-refractivity contribution in [3.8, 4) is 0 Å². The van der Waals surface area contributed by atoms with Crippen LogP contribution in [0.4, 0.5) is 10.1 Å².